The first-order valence-corrected chi connectivity index (χ1v) is 3.35. The standard InChI is InChI=1S/C7H12O2/c8-6-2-1-3-7(9)5-4-6/h2,7-9H,1,3-5H2. The Morgan fingerprint density at radius 3 is 3.00 bits per heavy atom. The summed E-state index contributed by atoms with van der Waals surface area (Å²) in [5.41, 5.74) is 0. The van der Waals surface area contributed by atoms with Gasteiger partial charge in [0.2, 0.25) is 0 Å². The third kappa shape index (κ3) is 2.06. The maximum atomic E-state index is 9.06. The van der Waals surface area contributed by atoms with Crippen LogP contribution in [0.3, 0.4) is 0 Å². The average Bonchev–Trinajstić information content (AvgIpc) is 1.97. The lowest BCUT2D eigenvalue weighted by Crippen LogP contribution is -2.03. The van der Waals surface area contributed by atoms with E-state index in [9.17, 15) is 0 Å². The van der Waals surface area contributed by atoms with Gasteiger partial charge in [0, 0.05) is 6.42 Å². The van der Waals surface area contributed by atoms with Crippen LogP contribution in [0, 0.1) is 0 Å². The molecule has 0 bridgehead atoms. The molecule has 0 saturated heterocycles. The first kappa shape index (κ1) is 6.62. The molecule has 52 valence electrons. The van der Waals surface area contributed by atoms with Gasteiger partial charge in [0.15, 0.2) is 0 Å². The van der Waals surface area contributed by atoms with Crippen LogP contribution in [0.1, 0.15) is 25.7 Å². The van der Waals surface area contributed by atoms with Crippen LogP contribution >= 0.6 is 0 Å². The van der Waals surface area contributed by atoms with Crippen LogP contribution in [0.15, 0.2) is 11.8 Å². The molecule has 0 radical (unpaired) electrons. The molecule has 0 fully saturated rings. The van der Waals surface area contributed by atoms with Crippen molar-refractivity contribution in [2.75, 3.05) is 0 Å². The number of allylic oxidation sites excluding steroid dienone is 2. The minimum Gasteiger partial charge on any atom is -0.513 e. The highest BCUT2D eigenvalue weighted by atomic mass is 16.3. The molecule has 0 spiro atoms. The lowest BCUT2D eigenvalue weighted by Gasteiger charge is -2.02. The van der Waals surface area contributed by atoms with Gasteiger partial charge < -0.3 is 10.2 Å². The molecular formula is C7H12O2. The molecule has 9 heavy (non-hydrogen) atoms. The van der Waals surface area contributed by atoms with Crippen LogP contribution in [0.4, 0.5) is 0 Å². The van der Waals surface area contributed by atoms with Crippen molar-refractivity contribution in [3.63, 3.8) is 0 Å². The van der Waals surface area contributed by atoms with E-state index in [4.69, 9.17) is 10.2 Å². The van der Waals surface area contributed by atoms with Crippen molar-refractivity contribution in [2.24, 2.45) is 0 Å². The third-order valence-electron chi connectivity index (χ3n) is 1.61. The first-order chi connectivity index (χ1) is 4.29. The Morgan fingerprint density at radius 1 is 1.44 bits per heavy atom. The van der Waals surface area contributed by atoms with Crippen LogP contribution in [0.5, 0.6) is 0 Å². The van der Waals surface area contributed by atoms with E-state index in [-0.39, 0.29) is 6.10 Å². The molecule has 2 nitrogen and oxygen atoms in total. The van der Waals surface area contributed by atoms with Gasteiger partial charge >= 0.3 is 0 Å². The quantitative estimate of drug-likeness (QED) is 0.517. The Labute approximate surface area is 54.8 Å². The maximum absolute atomic E-state index is 9.06. The topological polar surface area (TPSA) is 40.5 Å². The fraction of sp³-hybridized carbons (Fsp3) is 0.714. The van der Waals surface area contributed by atoms with Gasteiger partial charge in [-0.2, -0.15) is 0 Å². The van der Waals surface area contributed by atoms with Crippen molar-refractivity contribution in [3.8, 4) is 0 Å². The summed E-state index contributed by atoms with van der Waals surface area (Å²) in [5.74, 6) is 0.437. The van der Waals surface area contributed by atoms with E-state index < -0.39 is 0 Å². The van der Waals surface area contributed by atoms with Crippen LogP contribution < -0.4 is 0 Å². The highest BCUT2D eigenvalue weighted by Crippen LogP contribution is 2.14. The van der Waals surface area contributed by atoms with Crippen LogP contribution in [0.2, 0.25) is 0 Å². The smallest absolute Gasteiger partial charge is 0.0883 e. The SMILES string of the molecule is OC1=CCCC(O)CC1. The molecule has 1 aliphatic rings. The van der Waals surface area contributed by atoms with Gasteiger partial charge in [-0.15, -0.1) is 0 Å². The molecule has 2 N–H and O–H groups in total. The summed E-state index contributed by atoms with van der Waals surface area (Å²) in [4.78, 5) is 0. The van der Waals surface area contributed by atoms with Crippen LogP contribution in [-0.4, -0.2) is 16.3 Å². The zero-order valence-electron chi connectivity index (χ0n) is 5.38. The van der Waals surface area contributed by atoms with E-state index in [2.05, 4.69) is 0 Å². The van der Waals surface area contributed by atoms with Crippen LogP contribution in [-0.2, 0) is 0 Å². The number of hydrogen-bond donors (Lipinski definition) is 2. The van der Waals surface area contributed by atoms with E-state index in [0.29, 0.717) is 18.6 Å². The van der Waals surface area contributed by atoms with Crippen molar-refractivity contribution < 1.29 is 10.2 Å². The molecule has 0 aromatic rings. The largest absolute Gasteiger partial charge is 0.513 e. The van der Waals surface area contributed by atoms with E-state index in [1.54, 1.807) is 6.08 Å². The van der Waals surface area contributed by atoms with Gasteiger partial charge in [-0.05, 0) is 25.3 Å². The number of hydrogen-bond acceptors (Lipinski definition) is 2. The maximum Gasteiger partial charge on any atom is 0.0883 e. The molecule has 0 amide bonds. The van der Waals surface area contributed by atoms with Crippen molar-refractivity contribution in [1.29, 1.82) is 0 Å². The van der Waals surface area contributed by atoms with Crippen molar-refractivity contribution in [2.45, 2.75) is 31.8 Å². The zero-order valence-corrected chi connectivity index (χ0v) is 5.38. The van der Waals surface area contributed by atoms with E-state index in [0.717, 1.165) is 12.8 Å². The molecule has 0 saturated carbocycles. The summed E-state index contributed by atoms with van der Waals surface area (Å²) >= 11 is 0. The summed E-state index contributed by atoms with van der Waals surface area (Å²) in [6.45, 7) is 0. The number of rotatable bonds is 0. The Balaban J connectivity index is 2.39. The molecule has 1 aliphatic carbocycles. The molecule has 0 aliphatic heterocycles. The van der Waals surface area contributed by atoms with Gasteiger partial charge in [0.05, 0.1) is 11.9 Å². The van der Waals surface area contributed by atoms with Crippen molar-refractivity contribution in [1.82, 2.24) is 0 Å². The fourth-order valence-electron chi connectivity index (χ4n) is 1.00. The summed E-state index contributed by atoms with van der Waals surface area (Å²) in [6.07, 6.45) is 4.54. The second-order valence-corrected chi connectivity index (χ2v) is 2.47. The minimum absolute atomic E-state index is 0.203. The van der Waals surface area contributed by atoms with E-state index in [1.165, 1.54) is 0 Å². The molecule has 0 aromatic carbocycles. The van der Waals surface area contributed by atoms with E-state index in [1.807, 2.05) is 0 Å². The first-order valence-electron chi connectivity index (χ1n) is 3.35. The zero-order chi connectivity index (χ0) is 6.69. The molecule has 0 heterocycles. The summed E-state index contributed by atoms with van der Waals surface area (Å²) in [6, 6.07) is 0. The van der Waals surface area contributed by atoms with Gasteiger partial charge in [-0.3, -0.25) is 0 Å². The van der Waals surface area contributed by atoms with Gasteiger partial charge in [0.25, 0.3) is 0 Å². The molecule has 1 atom stereocenters. The molecule has 2 heteroatoms. The lowest BCUT2D eigenvalue weighted by molar-refractivity contribution is 0.156. The fourth-order valence-corrected chi connectivity index (χ4v) is 1.00. The van der Waals surface area contributed by atoms with Crippen molar-refractivity contribution >= 4 is 0 Å². The highest BCUT2D eigenvalue weighted by Gasteiger charge is 2.07. The molecule has 0 aromatic heterocycles. The Kier molecular flexibility index (Phi) is 2.11. The van der Waals surface area contributed by atoms with Gasteiger partial charge in [-0.25, -0.2) is 0 Å². The second kappa shape index (κ2) is 2.87. The molecular weight excluding hydrogens is 116 g/mol. The summed E-state index contributed by atoms with van der Waals surface area (Å²) in [7, 11) is 0. The summed E-state index contributed by atoms with van der Waals surface area (Å²) < 4.78 is 0. The number of aliphatic hydroxyl groups excluding tert-OH is 2. The average molecular weight is 128 g/mol. The molecule has 1 rings (SSSR count). The van der Waals surface area contributed by atoms with Gasteiger partial charge in [0.1, 0.15) is 0 Å². The predicted octanol–water partition coefficient (Wildman–Crippen LogP) is 1.36. The highest BCUT2D eigenvalue weighted by molar-refractivity contribution is 4.94. The normalized spacial score (nSPS) is 29.0. The second-order valence-electron chi connectivity index (χ2n) is 2.47. The predicted molar refractivity (Wildman–Crippen MR) is 35.2 cm³/mol. The van der Waals surface area contributed by atoms with Crippen LogP contribution in [0.25, 0.3) is 0 Å². The van der Waals surface area contributed by atoms with E-state index >= 15 is 0 Å². The monoisotopic (exact) mass is 128 g/mol. The van der Waals surface area contributed by atoms with Crippen molar-refractivity contribution in [3.05, 3.63) is 11.8 Å². The van der Waals surface area contributed by atoms with Gasteiger partial charge in [-0.1, -0.05) is 0 Å². The lowest BCUT2D eigenvalue weighted by atomic mass is 10.1. The molecule has 1 unspecified atom stereocenters. The Hall–Kier alpha value is -0.500. The Morgan fingerprint density at radius 2 is 2.22 bits per heavy atom. The number of aliphatic hydroxyl groups is 2. The third-order valence-corrected chi connectivity index (χ3v) is 1.61. The summed E-state index contributed by atoms with van der Waals surface area (Å²) in [5, 5.41) is 18.0. The Bertz CT molecular complexity index is 118. The minimum atomic E-state index is -0.203.